The van der Waals surface area contributed by atoms with E-state index in [1.807, 2.05) is 24.3 Å². The summed E-state index contributed by atoms with van der Waals surface area (Å²) in [5.41, 5.74) is 1.62. The molecule has 4 bridgehead atoms. The van der Waals surface area contributed by atoms with Gasteiger partial charge in [-0.05, 0) is 75.5 Å². The predicted molar refractivity (Wildman–Crippen MR) is 162 cm³/mol. The highest BCUT2D eigenvalue weighted by molar-refractivity contribution is 6.03. The molecule has 10 heteroatoms. The van der Waals surface area contributed by atoms with Crippen LogP contribution in [0.5, 0.6) is 17.2 Å². The number of carbonyl (C=O) groups is 2. The van der Waals surface area contributed by atoms with Crippen LogP contribution in [0, 0.1) is 0 Å². The number of hydrogen-bond acceptors (Lipinski definition) is 10. The fourth-order valence-corrected chi connectivity index (χ4v) is 5.74. The zero-order valence-electron chi connectivity index (χ0n) is 25.1. The zero-order chi connectivity index (χ0) is 30.0. The Hall–Kier alpha value is -3.89. The van der Waals surface area contributed by atoms with Crippen LogP contribution < -0.4 is 14.2 Å². The van der Waals surface area contributed by atoms with E-state index in [1.54, 1.807) is 24.4 Å². The van der Waals surface area contributed by atoms with Crippen molar-refractivity contribution in [2.24, 2.45) is 0 Å². The van der Waals surface area contributed by atoms with Crippen LogP contribution >= 0.6 is 0 Å². The van der Waals surface area contributed by atoms with Crippen LogP contribution in [-0.2, 0) is 9.47 Å². The summed E-state index contributed by atoms with van der Waals surface area (Å²) in [6.07, 6.45) is 5.22. The Kier molecular flexibility index (Phi) is 10.7. The summed E-state index contributed by atoms with van der Waals surface area (Å²) in [6, 6.07) is 12.5. The average Bonchev–Trinajstić information content (AvgIpc) is 3.27. The minimum Gasteiger partial charge on any atom is -0.493 e. The number of ether oxygens (including phenoxy) is 5. The maximum atomic E-state index is 13.4. The van der Waals surface area contributed by atoms with Gasteiger partial charge in [0.25, 0.3) is 0 Å². The normalized spacial score (nSPS) is 22.2. The first-order valence-corrected chi connectivity index (χ1v) is 15.1. The molecule has 0 saturated carbocycles. The van der Waals surface area contributed by atoms with Gasteiger partial charge in [-0.3, -0.25) is 4.98 Å². The summed E-state index contributed by atoms with van der Waals surface area (Å²) in [4.78, 5) is 35.6. The number of nitrogens with zero attached hydrogens (tertiary/aromatic N) is 3. The Morgan fingerprint density at radius 3 is 2.47 bits per heavy atom. The van der Waals surface area contributed by atoms with Gasteiger partial charge in [0.05, 0.1) is 44.1 Å². The standard InChI is InChI=1S/C33H41N3O7/c1-39-29-22-24-23-30(31(29)40-2)41-20-5-8-25(43-33(38)27-9-3-11-28-26(27)10-4-13-34-28)12-17-36-15-6-14-35(18-19-36)16-7-21-42-32(24)37/h3-4,9-11,13,22-23,25H,5-8,12,14-21H2,1-2H3. The number of esters is 2. The van der Waals surface area contributed by atoms with E-state index in [-0.39, 0.29) is 12.1 Å². The van der Waals surface area contributed by atoms with Gasteiger partial charge >= 0.3 is 11.9 Å². The van der Waals surface area contributed by atoms with Crippen molar-refractivity contribution in [3.8, 4) is 17.2 Å². The van der Waals surface area contributed by atoms with Crippen molar-refractivity contribution in [2.45, 2.75) is 38.2 Å². The van der Waals surface area contributed by atoms with Gasteiger partial charge in [-0.15, -0.1) is 0 Å². The van der Waals surface area contributed by atoms with Crippen LogP contribution in [-0.4, -0.2) is 99.5 Å². The number of fused-ring (bicyclic) bond motifs is 6. The summed E-state index contributed by atoms with van der Waals surface area (Å²) < 4.78 is 28.9. The topological polar surface area (TPSA) is 99.7 Å². The lowest BCUT2D eigenvalue weighted by Crippen LogP contribution is -2.34. The second-order valence-corrected chi connectivity index (χ2v) is 10.9. The first kappa shape index (κ1) is 30.6. The summed E-state index contributed by atoms with van der Waals surface area (Å²) in [5, 5.41) is 0.779. The van der Waals surface area contributed by atoms with E-state index in [9.17, 15) is 9.59 Å². The Labute approximate surface area is 252 Å². The molecule has 43 heavy (non-hydrogen) atoms. The number of carbonyl (C=O) groups excluding carboxylic acids is 2. The number of hydrogen-bond donors (Lipinski definition) is 0. The average molecular weight is 592 g/mol. The van der Waals surface area contributed by atoms with Crippen molar-refractivity contribution >= 4 is 22.8 Å². The van der Waals surface area contributed by atoms with Gasteiger partial charge in [0, 0.05) is 37.8 Å². The van der Waals surface area contributed by atoms with Crippen LogP contribution in [0.3, 0.4) is 0 Å². The summed E-state index contributed by atoms with van der Waals surface area (Å²) in [6.45, 7) is 6.29. The minimum atomic E-state index is -0.429. The second kappa shape index (κ2) is 15.0. The second-order valence-electron chi connectivity index (χ2n) is 10.9. The molecule has 3 aromatic rings. The van der Waals surface area contributed by atoms with Gasteiger partial charge in [0.15, 0.2) is 11.5 Å². The van der Waals surface area contributed by atoms with Gasteiger partial charge < -0.3 is 33.5 Å². The van der Waals surface area contributed by atoms with E-state index in [2.05, 4.69) is 14.8 Å². The van der Waals surface area contributed by atoms with Gasteiger partial charge in [0.1, 0.15) is 6.10 Å². The van der Waals surface area contributed by atoms with Crippen molar-refractivity contribution in [1.29, 1.82) is 0 Å². The molecule has 3 atom stereocenters. The van der Waals surface area contributed by atoms with Crippen molar-refractivity contribution in [1.82, 2.24) is 14.8 Å². The lowest BCUT2D eigenvalue weighted by Gasteiger charge is -2.25. The SMILES string of the molecule is COc1cc2cc(c1OC)OCCCC(OC(=O)c1cccc3ncccc13)CCN1CCCN(CCCOC2=O)CC1. The molecule has 3 heterocycles. The first-order chi connectivity index (χ1) is 21.1. The van der Waals surface area contributed by atoms with Crippen molar-refractivity contribution in [3.63, 3.8) is 0 Å². The molecule has 5 rings (SSSR count). The maximum Gasteiger partial charge on any atom is 0.339 e. The highest BCUT2D eigenvalue weighted by atomic mass is 16.5. The molecule has 0 amide bonds. The van der Waals surface area contributed by atoms with Gasteiger partial charge in [-0.25, -0.2) is 9.59 Å². The fraction of sp³-hybridized carbons (Fsp3) is 0.485. The van der Waals surface area contributed by atoms with Gasteiger partial charge in [-0.1, -0.05) is 12.1 Å². The molecule has 2 aromatic carbocycles. The molecule has 3 unspecified atom stereocenters. The van der Waals surface area contributed by atoms with Crippen molar-refractivity contribution in [2.75, 3.05) is 66.7 Å². The molecule has 0 spiro atoms. The Balaban J connectivity index is 1.35. The Morgan fingerprint density at radius 2 is 1.65 bits per heavy atom. The third kappa shape index (κ3) is 7.94. The van der Waals surface area contributed by atoms with E-state index in [0.29, 0.717) is 54.4 Å². The number of pyridine rings is 1. The fourth-order valence-electron chi connectivity index (χ4n) is 5.74. The van der Waals surface area contributed by atoms with Gasteiger partial charge in [0.2, 0.25) is 5.75 Å². The molecule has 0 N–H and O–H groups in total. The number of aromatic nitrogens is 1. The zero-order valence-corrected chi connectivity index (χ0v) is 25.1. The van der Waals surface area contributed by atoms with Crippen LogP contribution in [0.4, 0.5) is 0 Å². The molecule has 2 aliphatic heterocycles. The summed E-state index contributed by atoms with van der Waals surface area (Å²) in [7, 11) is 3.05. The quantitative estimate of drug-likeness (QED) is 0.401. The third-order valence-corrected chi connectivity index (χ3v) is 8.05. The molecule has 0 radical (unpaired) electrons. The third-order valence-electron chi connectivity index (χ3n) is 8.05. The molecule has 230 valence electrons. The van der Waals surface area contributed by atoms with Crippen LogP contribution in [0.1, 0.15) is 52.8 Å². The molecule has 1 saturated heterocycles. The minimum absolute atomic E-state index is 0.290. The Morgan fingerprint density at radius 1 is 0.860 bits per heavy atom. The van der Waals surface area contributed by atoms with E-state index in [0.717, 1.165) is 69.4 Å². The van der Waals surface area contributed by atoms with E-state index >= 15 is 0 Å². The van der Waals surface area contributed by atoms with E-state index in [1.165, 1.54) is 14.2 Å². The van der Waals surface area contributed by atoms with E-state index in [4.69, 9.17) is 23.7 Å². The van der Waals surface area contributed by atoms with E-state index < -0.39 is 5.97 Å². The summed E-state index contributed by atoms with van der Waals surface area (Å²) in [5.74, 6) is 0.424. The smallest absolute Gasteiger partial charge is 0.339 e. The van der Waals surface area contributed by atoms with Crippen molar-refractivity contribution < 1.29 is 33.3 Å². The number of methoxy groups -OCH3 is 2. The highest BCUT2D eigenvalue weighted by Crippen LogP contribution is 2.39. The van der Waals surface area contributed by atoms with Crippen LogP contribution in [0.25, 0.3) is 10.9 Å². The monoisotopic (exact) mass is 591 g/mol. The molecular formula is C33H41N3O7. The number of rotatable bonds is 4. The first-order valence-electron chi connectivity index (χ1n) is 15.1. The number of cyclic esters (lactones) is 1. The lowest BCUT2D eigenvalue weighted by atomic mass is 10.1. The van der Waals surface area contributed by atoms with Crippen LogP contribution in [0.15, 0.2) is 48.7 Å². The molecule has 1 aromatic heterocycles. The molecule has 0 aliphatic carbocycles. The lowest BCUT2D eigenvalue weighted by molar-refractivity contribution is 0.0224. The molecule has 2 aliphatic rings. The Bertz CT molecular complexity index is 1390. The molecule has 10 nitrogen and oxygen atoms in total. The molecular weight excluding hydrogens is 550 g/mol. The maximum absolute atomic E-state index is 13.4. The van der Waals surface area contributed by atoms with Gasteiger partial charge in [-0.2, -0.15) is 0 Å². The van der Waals surface area contributed by atoms with Crippen molar-refractivity contribution in [3.05, 3.63) is 59.8 Å². The highest BCUT2D eigenvalue weighted by Gasteiger charge is 2.23. The predicted octanol–water partition coefficient (Wildman–Crippen LogP) is 4.59. The summed E-state index contributed by atoms with van der Waals surface area (Å²) >= 11 is 0. The van der Waals surface area contributed by atoms with Crippen LogP contribution in [0.2, 0.25) is 0 Å². The molecule has 1 fully saturated rings. The largest absolute Gasteiger partial charge is 0.493 e. The number of benzene rings is 2.